The minimum atomic E-state index is -0.605. The third kappa shape index (κ3) is 5.17. The molecule has 0 spiro atoms. The van der Waals surface area contributed by atoms with E-state index in [1.165, 1.54) is 24.3 Å². The topological polar surface area (TPSA) is 87.3 Å². The Morgan fingerprint density at radius 2 is 1.43 bits per heavy atom. The van der Waals surface area contributed by atoms with Gasteiger partial charge in [0.2, 0.25) is 0 Å². The van der Waals surface area contributed by atoms with Gasteiger partial charge < -0.3 is 5.32 Å². The molecule has 0 aromatic heterocycles. The number of carbonyl (C=O) groups is 3. The predicted molar refractivity (Wildman–Crippen MR) is 117 cm³/mol. The zero-order chi connectivity index (χ0) is 21.7. The Labute approximate surface area is 183 Å². The fourth-order valence-electron chi connectivity index (χ4n) is 2.69. The molecule has 0 saturated heterocycles. The van der Waals surface area contributed by atoms with Crippen molar-refractivity contribution in [2.24, 2.45) is 0 Å². The number of anilines is 1. The number of hydrogen-bond donors (Lipinski definition) is 3. The van der Waals surface area contributed by atoms with Gasteiger partial charge in [-0.3, -0.25) is 25.2 Å². The molecule has 3 aromatic rings. The van der Waals surface area contributed by atoms with Crippen molar-refractivity contribution >= 4 is 46.6 Å². The van der Waals surface area contributed by atoms with Crippen LogP contribution in [-0.2, 0) is 0 Å². The highest BCUT2D eigenvalue weighted by atomic mass is 35.5. The maximum Gasteiger partial charge on any atom is 0.271 e. The highest BCUT2D eigenvalue weighted by Crippen LogP contribution is 2.21. The van der Waals surface area contributed by atoms with Crippen LogP contribution < -0.4 is 16.2 Å². The summed E-state index contributed by atoms with van der Waals surface area (Å²) >= 11 is 11.8. The Kier molecular flexibility index (Phi) is 6.72. The highest BCUT2D eigenvalue weighted by Gasteiger charge is 2.16. The molecule has 152 valence electrons. The number of hydrazine groups is 1. The largest absolute Gasteiger partial charge is 0.321 e. The predicted octanol–water partition coefficient (Wildman–Crippen LogP) is 4.63. The van der Waals surface area contributed by atoms with Crippen molar-refractivity contribution in [3.05, 3.63) is 99.0 Å². The fourth-order valence-corrected chi connectivity index (χ4v) is 3.19. The van der Waals surface area contributed by atoms with E-state index in [0.717, 1.165) is 5.56 Å². The van der Waals surface area contributed by atoms with Crippen LogP contribution in [0.15, 0.2) is 66.7 Å². The molecular weight excluding hydrogens is 425 g/mol. The van der Waals surface area contributed by atoms with E-state index in [4.69, 9.17) is 23.2 Å². The summed E-state index contributed by atoms with van der Waals surface area (Å²) < 4.78 is 0. The maximum absolute atomic E-state index is 12.6. The maximum atomic E-state index is 12.6. The van der Waals surface area contributed by atoms with E-state index < -0.39 is 11.8 Å². The van der Waals surface area contributed by atoms with Crippen LogP contribution in [0.1, 0.15) is 36.6 Å². The molecule has 0 bridgehead atoms. The van der Waals surface area contributed by atoms with Gasteiger partial charge in [-0.15, -0.1) is 0 Å². The van der Waals surface area contributed by atoms with E-state index in [2.05, 4.69) is 16.2 Å². The molecule has 0 aliphatic carbocycles. The first-order valence-corrected chi connectivity index (χ1v) is 9.63. The Balaban J connectivity index is 1.71. The van der Waals surface area contributed by atoms with Gasteiger partial charge in [0.15, 0.2) is 0 Å². The lowest BCUT2D eigenvalue weighted by Crippen LogP contribution is -2.42. The van der Waals surface area contributed by atoms with Gasteiger partial charge in [-0.2, -0.15) is 0 Å². The summed E-state index contributed by atoms with van der Waals surface area (Å²) in [5.74, 6) is -1.56. The van der Waals surface area contributed by atoms with Crippen molar-refractivity contribution in [2.75, 3.05) is 5.32 Å². The van der Waals surface area contributed by atoms with Crippen LogP contribution in [0.2, 0.25) is 10.0 Å². The summed E-state index contributed by atoms with van der Waals surface area (Å²) in [4.78, 5) is 37.4. The van der Waals surface area contributed by atoms with Crippen molar-refractivity contribution in [3.63, 3.8) is 0 Å². The van der Waals surface area contributed by atoms with E-state index >= 15 is 0 Å². The third-order valence-electron chi connectivity index (χ3n) is 4.17. The zero-order valence-electron chi connectivity index (χ0n) is 15.8. The van der Waals surface area contributed by atoms with Gasteiger partial charge in [-0.05, 0) is 49.4 Å². The van der Waals surface area contributed by atoms with Gasteiger partial charge in [0, 0.05) is 10.6 Å². The molecule has 0 radical (unpaired) electrons. The molecule has 0 fully saturated rings. The molecular formula is C22H17Cl2N3O3. The second kappa shape index (κ2) is 9.43. The number of rotatable bonds is 4. The zero-order valence-corrected chi connectivity index (χ0v) is 17.3. The lowest BCUT2D eigenvalue weighted by molar-refractivity contribution is 0.0847. The molecule has 0 heterocycles. The van der Waals surface area contributed by atoms with Crippen molar-refractivity contribution in [2.45, 2.75) is 6.92 Å². The normalized spacial score (nSPS) is 10.2. The lowest BCUT2D eigenvalue weighted by Gasteiger charge is -2.13. The van der Waals surface area contributed by atoms with Crippen LogP contribution in [0.4, 0.5) is 5.69 Å². The first kappa shape index (κ1) is 21.4. The standard InChI is InChI=1S/C22H17Cl2N3O3/c1-13-5-4-6-14(11-13)20(28)25-19-8-3-2-7-17(19)22(30)27-26-21(29)16-10-9-15(23)12-18(16)24/h2-12H,1H3,(H,25,28)(H,26,29)(H,27,30). The number of halogens is 2. The second-order valence-corrected chi connectivity index (χ2v) is 7.25. The number of hydrogen-bond acceptors (Lipinski definition) is 3. The Bertz CT molecular complexity index is 1130. The summed E-state index contributed by atoms with van der Waals surface area (Å²) in [5.41, 5.74) is 6.67. The molecule has 3 amide bonds. The third-order valence-corrected chi connectivity index (χ3v) is 4.71. The van der Waals surface area contributed by atoms with E-state index in [1.807, 2.05) is 13.0 Å². The van der Waals surface area contributed by atoms with Crippen LogP contribution >= 0.6 is 23.2 Å². The second-order valence-electron chi connectivity index (χ2n) is 6.40. The first-order chi connectivity index (χ1) is 14.3. The average molecular weight is 442 g/mol. The minimum absolute atomic E-state index is 0.153. The lowest BCUT2D eigenvalue weighted by atomic mass is 10.1. The average Bonchev–Trinajstić information content (AvgIpc) is 2.72. The van der Waals surface area contributed by atoms with E-state index in [1.54, 1.807) is 36.4 Å². The van der Waals surface area contributed by atoms with Crippen LogP contribution in [-0.4, -0.2) is 17.7 Å². The molecule has 0 atom stereocenters. The molecule has 3 aromatic carbocycles. The quantitative estimate of drug-likeness (QED) is 0.515. The summed E-state index contributed by atoms with van der Waals surface area (Å²) in [5, 5.41) is 3.26. The van der Waals surface area contributed by atoms with E-state index in [9.17, 15) is 14.4 Å². The van der Waals surface area contributed by atoms with E-state index in [-0.39, 0.29) is 22.1 Å². The van der Waals surface area contributed by atoms with E-state index in [0.29, 0.717) is 16.3 Å². The van der Waals surface area contributed by atoms with Crippen LogP contribution in [0.5, 0.6) is 0 Å². The summed E-state index contributed by atoms with van der Waals surface area (Å²) in [7, 11) is 0. The van der Waals surface area contributed by atoms with Crippen molar-refractivity contribution in [1.82, 2.24) is 10.9 Å². The van der Waals surface area contributed by atoms with Crippen molar-refractivity contribution < 1.29 is 14.4 Å². The fraction of sp³-hybridized carbons (Fsp3) is 0.0455. The van der Waals surface area contributed by atoms with Gasteiger partial charge in [0.1, 0.15) is 0 Å². The molecule has 0 saturated carbocycles. The monoisotopic (exact) mass is 441 g/mol. The molecule has 0 aliphatic heterocycles. The van der Waals surface area contributed by atoms with Gasteiger partial charge in [-0.1, -0.05) is 53.0 Å². The first-order valence-electron chi connectivity index (χ1n) is 8.88. The number of benzene rings is 3. The molecule has 30 heavy (non-hydrogen) atoms. The molecule has 0 unspecified atom stereocenters. The van der Waals surface area contributed by atoms with Gasteiger partial charge in [0.25, 0.3) is 17.7 Å². The number of carbonyl (C=O) groups excluding carboxylic acids is 3. The SMILES string of the molecule is Cc1cccc(C(=O)Nc2ccccc2C(=O)NNC(=O)c2ccc(Cl)cc2Cl)c1. The van der Waals surface area contributed by atoms with Gasteiger partial charge in [-0.25, -0.2) is 0 Å². The Hall–Kier alpha value is -3.35. The van der Waals surface area contributed by atoms with Crippen LogP contribution in [0.25, 0.3) is 0 Å². The van der Waals surface area contributed by atoms with Gasteiger partial charge in [0.05, 0.1) is 21.8 Å². The molecule has 3 N–H and O–H groups in total. The number of nitrogens with one attached hydrogen (secondary N) is 3. The van der Waals surface area contributed by atoms with Crippen LogP contribution in [0, 0.1) is 6.92 Å². The number of amides is 3. The minimum Gasteiger partial charge on any atom is -0.321 e. The van der Waals surface area contributed by atoms with Crippen LogP contribution in [0.3, 0.4) is 0 Å². The van der Waals surface area contributed by atoms with Gasteiger partial charge >= 0.3 is 0 Å². The molecule has 8 heteroatoms. The highest BCUT2D eigenvalue weighted by molar-refractivity contribution is 6.36. The van der Waals surface area contributed by atoms with Crippen molar-refractivity contribution in [3.8, 4) is 0 Å². The number of para-hydroxylation sites is 1. The molecule has 0 aliphatic rings. The summed E-state index contributed by atoms with van der Waals surface area (Å²) in [6.07, 6.45) is 0. The molecule has 6 nitrogen and oxygen atoms in total. The number of aryl methyl sites for hydroxylation is 1. The summed E-state index contributed by atoms with van der Waals surface area (Å²) in [6.45, 7) is 1.88. The Morgan fingerprint density at radius 1 is 0.733 bits per heavy atom. The molecule has 3 rings (SSSR count). The summed E-state index contributed by atoms with van der Waals surface area (Å²) in [6, 6.07) is 17.9. The van der Waals surface area contributed by atoms with Crippen molar-refractivity contribution in [1.29, 1.82) is 0 Å². The Morgan fingerprint density at radius 3 is 2.13 bits per heavy atom. The smallest absolute Gasteiger partial charge is 0.271 e.